The number of rotatable bonds is 7. The molecule has 6 heteroatoms. The summed E-state index contributed by atoms with van der Waals surface area (Å²) in [5, 5.41) is 4.67. The number of amides is 1. The molecule has 158 valence electrons. The van der Waals surface area contributed by atoms with Gasteiger partial charge in [0.25, 0.3) is 0 Å². The lowest BCUT2D eigenvalue weighted by atomic mass is 10.1. The maximum Gasteiger partial charge on any atom is 0.226 e. The molecular formula is C24H28FN3O2. The fourth-order valence-corrected chi connectivity index (χ4v) is 3.22. The van der Waals surface area contributed by atoms with E-state index < -0.39 is 5.82 Å². The highest BCUT2D eigenvalue weighted by atomic mass is 19.1. The first-order valence-corrected chi connectivity index (χ1v) is 10.1. The first kappa shape index (κ1) is 21.6. The van der Waals surface area contributed by atoms with Crippen molar-refractivity contribution in [3.8, 4) is 17.3 Å². The van der Waals surface area contributed by atoms with Crippen molar-refractivity contribution in [2.45, 2.75) is 46.6 Å². The van der Waals surface area contributed by atoms with Gasteiger partial charge in [-0.15, -0.1) is 0 Å². The molecule has 3 rings (SSSR count). The second-order valence-electron chi connectivity index (χ2n) is 7.70. The lowest BCUT2D eigenvalue weighted by Crippen LogP contribution is -2.33. The monoisotopic (exact) mass is 409 g/mol. The molecule has 2 aromatic carbocycles. The summed E-state index contributed by atoms with van der Waals surface area (Å²) in [4.78, 5) is 14.2. The molecule has 0 N–H and O–H groups in total. The van der Waals surface area contributed by atoms with Gasteiger partial charge in [-0.05, 0) is 57.9 Å². The maximum absolute atomic E-state index is 14.3. The molecule has 3 aromatic rings. The summed E-state index contributed by atoms with van der Waals surface area (Å²) in [5.74, 6) is 0.158. The summed E-state index contributed by atoms with van der Waals surface area (Å²) in [7, 11) is 1.80. The molecule has 0 spiro atoms. The Balaban J connectivity index is 2.02. The van der Waals surface area contributed by atoms with Gasteiger partial charge in [0, 0.05) is 25.1 Å². The van der Waals surface area contributed by atoms with Gasteiger partial charge in [-0.1, -0.05) is 30.3 Å². The van der Waals surface area contributed by atoms with Gasteiger partial charge in [-0.2, -0.15) is 9.78 Å². The predicted octanol–water partition coefficient (Wildman–Crippen LogP) is 5.22. The molecule has 0 saturated carbocycles. The van der Waals surface area contributed by atoms with Crippen LogP contribution in [0.1, 0.15) is 37.1 Å². The number of nitrogens with zero attached hydrogens (tertiary/aromatic N) is 3. The van der Waals surface area contributed by atoms with E-state index in [2.05, 4.69) is 5.10 Å². The number of aryl methyl sites for hydroxylation is 2. The molecule has 0 radical (unpaired) electrons. The third-order valence-electron chi connectivity index (χ3n) is 5.28. The minimum absolute atomic E-state index is 0.0462. The minimum Gasteiger partial charge on any atom is -0.436 e. The van der Waals surface area contributed by atoms with E-state index in [1.807, 2.05) is 52.0 Å². The average Bonchev–Trinajstić information content (AvgIpc) is 3.02. The van der Waals surface area contributed by atoms with Crippen LogP contribution in [0.25, 0.3) is 5.69 Å². The van der Waals surface area contributed by atoms with Crippen LogP contribution >= 0.6 is 0 Å². The number of halogens is 1. The molecule has 0 atom stereocenters. The number of carbonyl (C=O) groups is 1. The fourth-order valence-electron chi connectivity index (χ4n) is 3.22. The van der Waals surface area contributed by atoms with E-state index in [1.54, 1.807) is 34.8 Å². The highest BCUT2D eigenvalue weighted by Gasteiger charge is 2.22. The lowest BCUT2D eigenvalue weighted by Gasteiger charge is -2.21. The number of hydrogen-bond donors (Lipinski definition) is 0. The van der Waals surface area contributed by atoms with Crippen LogP contribution in [0.15, 0.2) is 48.5 Å². The van der Waals surface area contributed by atoms with Gasteiger partial charge < -0.3 is 9.64 Å². The van der Waals surface area contributed by atoms with Gasteiger partial charge >= 0.3 is 0 Å². The Bertz CT molecular complexity index is 1040. The van der Waals surface area contributed by atoms with Crippen LogP contribution in [-0.4, -0.2) is 33.7 Å². The SMILES string of the molecule is Cc1ccccc1-n1nc(C)c(CCC(=O)N(C)C(C)C)c1Oc1ccccc1F. The Morgan fingerprint density at radius 2 is 1.80 bits per heavy atom. The Kier molecular flexibility index (Phi) is 6.55. The topological polar surface area (TPSA) is 47.4 Å². The normalized spacial score (nSPS) is 11.0. The molecule has 0 aliphatic heterocycles. The van der Waals surface area contributed by atoms with Gasteiger partial charge in [0.05, 0.1) is 11.4 Å². The van der Waals surface area contributed by atoms with E-state index in [1.165, 1.54) is 6.07 Å². The quantitative estimate of drug-likeness (QED) is 0.537. The highest BCUT2D eigenvalue weighted by molar-refractivity contribution is 5.76. The zero-order valence-electron chi connectivity index (χ0n) is 18.1. The van der Waals surface area contributed by atoms with Gasteiger partial charge in [0.2, 0.25) is 11.8 Å². The molecule has 0 fully saturated rings. The van der Waals surface area contributed by atoms with E-state index in [-0.39, 0.29) is 17.7 Å². The number of para-hydroxylation sites is 2. The predicted molar refractivity (Wildman–Crippen MR) is 116 cm³/mol. The summed E-state index contributed by atoms with van der Waals surface area (Å²) in [6.45, 7) is 7.83. The molecule has 1 aromatic heterocycles. The molecule has 5 nitrogen and oxygen atoms in total. The molecule has 0 unspecified atom stereocenters. The van der Waals surface area contributed by atoms with Crippen LogP contribution in [0.2, 0.25) is 0 Å². The van der Waals surface area contributed by atoms with E-state index in [9.17, 15) is 9.18 Å². The fraction of sp³-hybridized carbons (Fsp3) is 0.333. The number of aromatic nitrogens is 2. The molecule has 0 aliphatic carbocycles. The van der Waals surface area contributed by atoms with Crippen LogP contribution in [0.5, 0.6) is 11.6 Å². The Labute approximate surface area is 177 Å². The van der Waals surface area contributed by atoms with E-state index in [0.29, 0.717) is 18.7 Å². The molecule has 0 bridgehead atoms. The Hall–Kier alpha value is -3.15. The summed E-state index contributed by atoms with van der Waals surface area (Å²) in [6, 6.07) is 14.2. The lowest BCUT2D eigenvalue weighted by molar-refractivity contribution is -0.131. The van der Waals surface area contributed by atoms with E-state index >= 15 is 0 Å². The number of carbonyl (C=O) groups excluding carboxylic acids is 1. The van der Waals surface area contributed by atoms with Crippen LogP contribution in [0.4, 0.5) is 4.39 Å². The van der Waals surface area contributed by atoms with Crippen molar-refractivity contribution in [2.24, 2.45) is 0 Å². The molecule has 0 aliphatic rings. The maximum atomic E-state index is 14.3. The largest absolute Gasteiger partial charge is 0.436 e. The third kappa shape index (κ3) is 4.53. The molecule has 1 amide bonds. The Morgan fingerprint density at radius 1 is 1.13 bits per heavy atom. The first-order valence-electron chi connectivity index (χ1n) is 10.1. The zero-order valence-corrected chi connectivity index (χ0v) is 18.1. The summed E-state index contributed by atoms with van der Waals surface area (Å²) >= 11 is 0. The molecule has 30 heavy (non-hydrogen) atoms. The number of ether oxygens (including phenoxy) is 1. The van der Waals surface area contributed by atoms with Crippen molar-refractivity contribution in [3.63, 3.8) is 0 Å². The van der Waals surface area contributed by atoms with Crippen molar-refractivity contribution >= 4 is 5.91 Å². The minimum atomic E-state index is -0.450. The zero-order chi connectivity index (χ0) is 21.8. The summed E-state index contributed by atoms with van der Waals surface area (Å²) in [5.41, 5.74) is 3.42. The third-order valence-corrected chi connectivity index (χ3v) is 5.28. The molecule has 0 saturated heterocycles. The second-order valence-corrected chi connectivity index (χ2v) is 7.70. The highest BCUT2D eigenvalue weighted by Crippen LogP contribution is 2.33. The first-order chi connectivity index (χ1) is 14.3. The summed E-state index contributed by atoms with van der Waals surface area (Å²) < 4.78 is 22.1. The van der Waals surface area contributed by atoms with Crippen LogP contribution in [0.3, 0.4) is 0 Å². The van der Waals surface area contributed by atoms with Crippen molar-refractivity contribution in [2.75, 3.05) is 7.05 Å². The Morgan fingerprint density at radius 3 is 2.47 bits per heavy atom. The second kappa shape index (κ2) is 9.11. The molecular weight excluding hydrogens is 381 g/mol. The van der Waals surface area contributed by atoms with Crippen LogP contribution in [-0.2, 0) is 11.2 Å². The smallest absolute Gasteiger partial charge is 0.226 e. The summed E-state index contributed by atoms with van der Waals surface area (Å²) in [6.07, 6.45) is 0.778. The number of hydrogen-bond acceptors (Lipinski definition) is 3. The van der Waals surface area contributed by atoms with Gasteiger partial charge in [-0.3, -0.25) is 4.79 Å². The van der Waals surface area contributed by atoms with Gasteiger partial charge in [-0.25, -0.2) is 4.39 Å². The van der Waals surface area contributed by atoms with E-state index in [0.717, 1.165) is 22.5 Å². The van der Waals surface area contributed by atoms with Crippen molar-refractivity contribution in [1.82, 2.24) is 14.7 Å². The van der Waals surface area contributed by atoms with Crippen molar-refractivity contribution < 1.29 is 13.9 Å². The van der Waals surface area contributed by atoms with E-state index in [4.69, 9.17) is 4.74 Å². The van der Waals surface area contributed by atoms with Crippen molar-refractivity contribution in [3.05, 3.63) is 71.2 Å². The standard InChI is InChI=1S/C24H28FN3O2/c1-16(2)27(5)23(29)15-14-19-18(4)26-28(21-12-8-6-10-17(21)3)24(19)30-22-13-9-7-11-20(22)25/h6-13,16H,14-15H2,1-5H3. The average molecular weight is 410 g/mol. The van der Waals surface area contributed by atoms with Crippen molar-refractivity contribution in [1.29, 1.82) is 0 Å². The van der Waals surface area contributed by atoms with Gasteiger partial charge in [0.15, 0.2) is 11.6 Å². The van der Waals surface area contributed by atoms with Crippen LogP contribution < -0.4 is 4.74 Å². The van der Waals surface area contributed by atoms with Gasteiger partial charge in [0.1, 0.15) is 0 Å². The number of benzene rings is 2. The molecule has 1 heterocycles. The van der Waals surface area contributed by atoms with Crippen LogP contribution in [0, 0.1) is 19.7 Å².